The normalized spacial score (nSPS) is 10.6. The first kappa shape index (κ1) is 16.3. The van der Waals surface area contributed by atoms with Crippen molar-refractivity contribution in [3.05, 3.63) is 58.7 Å². The lowest BCUT2D eigenvalue weighted by atomic mass is 10.1. The van der Waals surface area contributed by atoms with Crippen molar-refractivity contribution in [1.82, 2.24) is 4.57 Å². The molecule has 5 nitrogen and oxygen atoms in total. The minimum Gasteiger partial charge on any atom is -0.497 e. The SMILES string of the molecule is COc1ccc2c(c1)c(C(=O)Nc1ccccc1Br)cn2C(C)=O. The number of carbonyl (C=O) groups excluding carboxylic acids is 2. The molecule has 122 valence electrons. The molecule has 0 unspecified atom stereocenters. The highest BCUT2D eigenvalue weighted by Crippen LogP contribution is 2.28. The van der Waals surface area contributed by atoms with Gasteiger partial charge in [-0.1, -0.05) is 12.1 Å². The molecule has 0 fully saturated rings. The van der Waals surface area contributed by atoms with Gasteiger partial charge in [-0.05, 0) is 46.3 Å². The number of aromatic nitrogens is 1. The van der Waals surface area contributed by atoms with Gasteiger partial charge in [0.2, 0.25) is 5.91 Å². The van der Waals surface area contributed by atoms with Gasteiger partial charge in [0.15, 0.2) is 0 Å². The van der Waals surface area contributed by atoms with Gasteiger partial charge in [-0.15, -0.1) is 0 Å². The zero-order valence-corrected chi connectivity index (χ0v) is 14.8. The van der Waals surface area contributed by atoms with Gasteiger partial charge in [0, 0.05) is 23.0 Å². The predicted octanol–water partition coefficient (Wildman–Crippen LogP) is 4.32. The summed E-state index contributed by atoms with van der Waals surface area (Å²) in [6.45, 7) is 1.46. The van der Waals surface area contributed by atoms with Crippen molar-refractivity contribution in [3.63, 3.8) is 0 Å². The molecule has 24 heavy (non-hydrogen) atoms. The van der Waals surface area contributed by atoms with E-state index in [-0.39, 0.29) is 11.8 Å². The lowest BCUT2D eigenvalue weighted by Gasteiger charge is -2.06. The lowest BCUT2D eigenvalue weighted by molar-refractivity contribution is 0.0941. The fourth-order valence-corrected chi connectivity index (χ4v) is 2.91. The van der Waals surface area contributed by atoms with E-state index in [0.29, 0.717) is 27.9 Å². The van der Waals surface area contributed by atoms with Crippen LogP contribution in [-0.4, -0.2) is 23.5 Å². The van der Waals surface area contributed by atoms with E-state index in [1.165, 1.54) is 11.5 Å². The number of ether oxygens (including phenoxy) is 1. The van der Waals surface area contributed by atoms with Gasteiger partial charge < -0.3 is 10.1 Å². The molecule has 0 saturated heterocycles. The summed E-state index contributed by atoms with van der Waals surface area (Å²) in [6, 6.07) is 12.6. The summed E-state index contributed by atoms with van der Waals surface area (Å²) in [4.78, 5) is 24.6. The van der Waals surface area contributed by atoms with E-state index in [9.17, 15) is 9.59 Å². The van der Waals surface area contributed by atoms with Crippen LogP contribution in [0.5, 0.6) is 5.75 Å². The smallest absolute Gasteiger partial charge is 0.257 e. The third-order valence-corrected chi connectivity index (χ3v) is 4.41. The number of para-hydroxylation sites is 1. The van der Waals surface area contributed by atoms with E-state index < -0.39 is 0 Å². The Morgan fingerprint density at radius 1 is 1.17 bits per heavy atom. The van der Waals surface area contributed by atoms with Crippen LogP contribution < -0.4 is 10.1 Å². The summed E-state index contributed by atoms with van der Waals surface area (Å²) in [5, 5.41) is 3.52. The van der Waals surface area contributed by atoms with Crippen LogP contribution in [-0.2, 0) is 0 Å². The third kappa shape index (κ3) is 2.92. The molecule has 0 aliphatic rings. The zero-order valence-electron chi connectivity index (χ0n) is 13.2. The molecule has 2 aromatic carbocycles. The molecule has 3 aromatic rings. The third-order valence-electron chi connectivity index (χ3n) is 3.72. The molecule has 3 rings (SSSR count). The number of benzene rings is 2. The monoisotopic (exact) mass is 386 g/mol. The molecule has 0 radical (unpaired) electrons. The average molecular weight is 387 g/mol. The van der Waals surface area contributed by atoms with Crippen molar-refractivity contribution in [3.8, 4) is 5.75 Å². The number of fused-ring (bicyclic) bond motifs is 1. The van der Waals surface area contributed by atoms with Crippen LogP contribution in [0.4, 0.5) is 5.69 Å². The molecule has 1 amide bonds. The number of hydrogen-bond donors (Lipinski definition) is 1. The van der Waals surface area contributed by atoms with Gasteiger partial charge in [-0.3, -0.25) is 14.2 Å². The molecule has 0 aliphatic heterocycles. The predicted molar refractivity (Wildman–Crippen MR) is 96.9 cm³/mol. The first-order valence-corrected chi connectivity index (χ1v) is 8.06. The summed E-state index contributed by atoms with van der Waals surface area (Å²) >= 11 is 3.40. The summed E-state index contributed by atoms with van der Waals surface area (Å²) in [6.07, 6.45) is 1.55. The van der Waals surface area contributed by atoms with Crippen LogP contribution in [0.1, 0.15) is 22.1 Å². The highest BCUT2D eigenvalue weighted by molar-refractivity contribution is 9.10. The maximum atomic E-state index is 12.7. The summed E-state index contributed by atoms with van der Waals surface area (Å²) in [7, 11) is 1.56. The molecule has 0 bridgehead atoms. The number of nitrogens with one attached hydrogen (secondary N) is 1. The number of hydrogen-bond acceptors (Lipinski definition) is 3. The minimum absolute atomic E-state index is 0.162. The number of amides is 1. The van der Waals surface area contributed by atoms with Crippen LogP contribution in [0.2, 0.25) is 0 Å². The summed E-state index contributed by atoms with van der Waals surface area (Å²) < 4.78 is 7.48. The van der Waals surface area contributed by atoms with Crippen molar-refractivity contribution >= 4 is 44.3 Å². The molecule has 0 saturated carbocycles. The highest BCUT2D eigenvalue weighted by Gasteiger charge is 2.18. The second kappa shape index (κ2) is 6.49. The molecule has 1 aromatic heterocycles. The average Bonchev–Trinajstić information content (AvgIpc) is 2.96. The number of halogens is 1. The van der Waals surface area contributed by atoms with Crippen LogP contribution in [0.25, 0.3) is 10.9 Å². The number of anilines is 1. The second-order valence-corrected chi connectivity index (χ2v) is 6.10. The van der Waals surface area contributed by atoms with E-state index in [0.717, 1.165) is 4.47 Å². The van der Waals surface area contributed by atoms with Gasteiger partial charge >= 0.3 is 0 Å². The van der Waals surface area contributed by atoms with Crippen LogP contribution >= 0.6 is 15.9 Å². The highest BCUT2D eigenvalue weighted by atomic mass is 79.9. The lowest BCUT2D eigenvalue weighted by Crippen LogP contribution is -2.12. The molecule has 0 aliphatic carbocycles. The van der Waals surface area contributed by atoms with Crippen molar-refractivity contribution < 1.29 is 14.3 Å². The number of rotatable bonds is 3. The standard InChI is InChI=1S/C18H15BrN2O3/c1-11(22)21-10-14(13-9-12(24-2)7-8-17(13)21)18(23)20-16-6-4-3-5-15(16)19/h3-10H,1-2H3,(H,20,23). The van der Waals surface area contributed by atoms with Crippen molar-refractivity contribution in [2.24, 2.45) is 0 Å². The van der Waals surface area contributed by atoms with E-state index in [1.807, 2.05) is 18.2 Å². The first-order chi connectivity index (χ1) is 11.5. The van der Waals surface area contributed by atoms with E-state index >= 15 is 0 Å². The minimum atomic E-state index is -0.292. The van der Waals surface area contributed by atoms with Crippen LogP contribution in [0.15, 0.2) is 53.1 Å². The second-order valence-electron chi connectivity index (χ2n) is 5.25. The largest absolute Gasteiger partial charge is 0.497 e. The number of methoxy groups -OCH3 is 1. The fraction of sp³-hybridized carbons (Fsp3) is 0.111. The van der Waals surface area contributed by atoms with Crippen molar-refractivity contribution in [2.75, 3.05) is 12.4 Å². The van der Waals surface area contributed by atoms with E-state index in [1.54, 1.807) is 37.6 Å². The van der Waals surface area contributed by atoms with Gasteiger partial charge in [0.1, 0.15) is 5.75 Å². The maximum absolute atomic E-state index is 12.7. The fourth-order valence-electron chi connectivity index (χ4n) is 2.53. The Hall–Kier alpha value is -2.60. The van der Waals surface area contributed by atoms with Gasteiger partial charge in [-0.2, -0.15) is 0 Å². The van der Waals surface area contributed by atoms with E-state index in [4.69, 9.17) is 4.74 Å². The molecular weight excluding hydrogens is 372 g/mol. The molecule has 6 heteroatoms. The van der Waals surface area contributed by atoms with Gasteiger partial charge in [0.05, 0.1) is 23.9 Å². The van der Waals surface area contributed by atoms with Gasteiger partial charge in [-0.25, -0.2) is 0 Å². The molecule has 0 atom stereocenters. The number of carbonyl (C=O) groups is 2. The Kier molecular flexibility index (Phi) is 4.40. The topological polar surface area (TPSA) is 60.3 Å². The molecular formula is C18H15BrN2O3. The molecule has 1 N–H and O–H groups in total. The van der Waals surface area contributed by atoms with Crippen LogP contribution in [0.3, 0.4) is 0 Å². The maximum Gasteiger partial charge on any atom is 0.257 e. The van der Waals surface area contributed by atoms with Crippen molar-refractivity contribution in [1.29, 1.82) is 0 Å². The van der Waals surface area contributed by atoms with Gasteiger partial charge in [0.25, 0.3) is 5.91 Å². The number of nitrogens with zero attached hydrogens (tertiary/aromatic N) is 1. The Morgan fingerprint density at radius 3 is 2.58 bits per heavy atom. The molecule has 0 spiro atoms. The zero-order chi connectivity index (χ0) is 17.3. The molecule has 1 heterocycles. The van der Waals surface area contributed by atoms with E-state index in [2.05, 4.69) is 21.2 Å². The Bertz CT molecular complexity index is 947. The summed E-state index contributed by atoms with van der Waals surface area (Å²) in [5.74, 6) is 0.170. The van der Waals surface area contributed by atoms with Crippen LogP contribution in [0, 0.1) is 0 Å². The first-order valence-electron chi connectivity index (χ1n) is 7.27. The Morgan fingerprint density at radius 2 is 1.92 bits per heavy atom. The van der Waals surface area contributed by atoms with Crippen molar-refractivity contribution in [2.45, 2.75) is 6.92 Å². The Labute approximate surface area is 147 Å². The summed E-state index contributed by atoms with van der Waals surface area (Å²) in [5.41, 5.74) is 1.74. The Balaban J connectivity index is 2.09. The quantitative estimate of drug-likeness (QED) is 0.728.